The predicted octanol–water partition coefficient (Wildman–Crippen LogP) is 1.04. The van der Waals surface area contributed by atoms with Gasteiger partial charge in [0.05, 0.1) is 18.0 Å². The molecule has 0 aliphatic heterocycles. The summed E-state index contributed by atoms with van der Waals surface area (Å²) in [4.78, 5) is 0. The monoisotopic (exact) mass is 451 g/mol. The number of hydrogen-bond acceptors (Lipinski definition) is 3. The van der Waals surface area contributed by atoms with Crippen molar-refractivity contribution in [3.8, 4) is 0 Å². The normalized spacial score (nSPS) is 16.2. The van der Waals surface area contributed by atoms with Gasteiger partial charge >= 0.3 is 65.3 Å². The van der Waals surface area contributed by atoms with Crippen LogP contribution >= 0.6 is 0 Å². The van der Waals surface area contributed by atoms with Crippen molar-refractivity contribution < 1.29 is 101 Å². The van der Waals surface area contributed by atoms with Crippen LogP contribution in [0.15, 0.2) is 0 Å². The van der Waals surface area contributed by atoms with Crippen LogP contribution in [0.4, 0.5) is 57.1 Å². The van der Waals surface area contributed by atoms with Crippen LogP contribution in [-0.4, -0.2) is 51.2 Å². The molecule has 1 unspecified atom stereocenters. The maximum absolute atomic E-state index is 13.0. The van der Waals surface area contributed by atoms with E-state index in [4.69, 9.17) is 0 Å². The van der Waals surface area contributed by atoms with Crippen molar-refractivity contribution in [2.45, 2.75) is 42.2 Å². The smallest absolute Gasteiger partial charge is 1.00 e. The van der Waals surface area contributed by atoms with Gasteiger partial charge in [0.25, 0.3) is 0 Å². The average molecular weight is 451 g/mol. The summed E-state index contributed by atoms with van der Waals surface area (Å²) in [6.07, 6.45) is -10.2. The topological polar surface area (TPSA) is 49.4 Å². The Bertz CT molecular complexity index is 512. The summed E-state index contributed by atoms with van der Waals surface area (Å²) in [7, 11) is 0. The van der Waals surface area contributed by atoms with E-state index in [1.165, 1.54) is 0 Å². The fourth-order valence-electron chi connectivity index (χ4n) is 1.20. The third kappa shape index (κ3) is 4.76. The van der Waals surface area contributed by atoms with Crippen molar-refractivity contribution in [3.63, 3.8) is 0 Å². The molecule has 0 radical (unpaired) electrons. The standard InChI is InChI=1S/C8H5F13O3S.Na.H/c9-3(10,1-2-24-25(22)23)4(11,12)5(13,14)6(15,16)7(17,18)8(19,20)21;;/h1-2H2,(H,22,23);;/q;+1;-1/p-1. The molecule has 0 amide bonds. The Morgan fingerprint density at radius 2 is 1.08 bits per heavy atom. The Morgan fingerprint density at radius 1 is 0.731 bits per heavy atom. The van der Waals surface area contributed by atoms with Crippen LogP contribution < -0.4 is 29.6 Å². The van der Waals surface area contributed by atoms with Crippen molar-refractivity contribution in [1.82, 2.24) is 0 Å². The van der Waals surface area contributed by atoms with Gasteiger partial charge in [-0.15, -0.1) is 0 Å². The number of hydrogen-bond donors (Lipinski definition) is 0. The molecular formula is C8H5F13NaO3S-. The number of halogens is 13. The maximum Gasteiger partial charge on any atom is 1.00 e. The van der Waals surface area contributed by atoms with Gasteiger partial charge in [0, 0.05) is 6.42 Å². The molecule has 0 aromatic heterocycles. The van der Waals surface area contributed by atoms with E-state index in [2.05, 4.69) is 4.18 Å². The predicted molar refractivity (Wildman–Crippen MR) is 51.4 cm³/mol. The van der Waals surface area contributed by atoms with Gasteiger partial charge in [0.1, 0.15) is 0 Å². The van der Waals surface area contributed by atoms with Crippen LogP contribution in [0.5, 0.6) is 0 Å². The van der Waals surface area contributed by atoms with Crippen LogP contribution in [0.3, 0.4) is 0 Å². The second kappa shape index (κ2) is 8.26. The van der Waals surface area contributed by atoms with Gasteiger partial charge in [-0.3, -0.25) is 0 Å². The van der Waals surface area contributed by atoms with Gasteiger partial charge < -0.3 is 10.2 Å². The largest absolute Gasteiger partial charge is 1.00 e. The zero-order valence-electron chi connectivity index (χ0n) is 13.0. The quantitative estimate of drug-likeness (QED) is 0.315. The Kier molecular flexibility index (Phi) is 9.02. The van der Waals surface area contributed by atoms with Crippen molar-refractivity contribution in [2.24, 2.45) is 0 Å². The Labute approximate surface area is 161 Å². The van der Waals surface area contributed by atoms with E-state index in [1.54, 1.807) is 0 Å². The maximum atomic E-state index is 13.0. The molecule has 0 saturated carbocycles. The molecule has 0 aromatic carbocycles. The molecule has 0 aromatic rings. The fraction of sp³-hybridized carbons (Fsp3) is 1.00. The van der Waals surface area contributed by atoms with Crippen molar-refractivity contribution in [3.05, 3.63) is 0 Å². The molecule has 18 heteroatoms. The van der Waals surface area contributed by atoms with Gasteiger partial charge in [0.2, 0.25) is 0 Å². The SMILES string of the molecule is O=S([O-])OCCC(F)(F)C(F)(F)C(F)(F)C(F)(F)C(F)(F)C(F)(F)F.[H-].[Na+]. The summed E-state index contributed by atoms with van der Waals surface area (Å²) in [6, 6.07) is 0. The first-order valence-electron chi connectivity index (χ1n) is 5.35. The summed E-state index contributed by atoms with van der Waals surface area (Å²) in [6.45, 7) is -1.99. The zero-order valence-corrected chi connectivity index (χ0v) is 14.8. The first-order valence-corrected chi connectivity index (χ1v) is 6.35. The first kappa shape index (κ1) is 28.4. The Balaban J connectivity index is -0.00000288. The molecule has 26 heavy (non-hydrogen) atoms. The van der Waals surface area contributed by atoms with Gasteiger partial charge in [0.15, 0.2) is 0 Å². The molecule has 0 aliphatic carbocycles. The molecule has 0 N–H and O–H groups in total. The van der Waals surface area contributed by atoms with Crippen molar-refractivity contribution >= 4 is 11.4 Å². The first-order chi connectivity index (χ1) is 10.7. The number of rotatable bonds is 8. The molecule has 3 nitrogen and oxygen atoms in total. The molecule has 0 rings (SSSR count). The van der Waals surface area contributed by atoms with E-state index in [0.29, 0.717) is 0 Å². The van der Waals surface area contributed by atoms with E-state index in [1.807, 2.05) is 0 Å². The molecule has 0 heterocycles. The third-order valence-corrected chi connectivity index (χ3v) is 2.95. The zero-order chi connectivity index (χ0) is 20.7. The average Bonchev–Trinajstić information content (AvgIpc) is 2.35. The van der Waals surface area contributed by atoms with Crippen LogP contribution in [0.2, 0.25) is 0 Å². The Hall–Kier alpha value is 0.160. The molecule has 0 bridgehead atoms. The van der Waals surface area contributed by atoms with E-state index in [-0.39, 0.29) is 31.0 Å². The van der Waals surface area contributed by atoms with Crippen molar-refractivity contribution in [1.29, 1.82) is 0 Å². The summed E-state index contributed by atoms with van der Waals surface area (Å²) < 4.78 is 186. The van der Waals surface area contributed by atoms with Crippen LogP contribution in [0.1, 0.15) is 7.85 Å². The molecule has 1 atom stereocenters. The summed E-state index contributed by atoms with van der Waals surface area (Å²) >= 11 is -3.62. The van der Waals surface area contributed by atoms with Crippen LogP contribution in [0, 0.1) is 0 Å². The van der Waals surface area contributed by atoms with Crippen LogP contribution in [-0.2, 0) is 15.5 Å². The second-order valence-electron chi connectivity index (χ2n) is 4.28. The van der Waals surface area contributed by atoms with Gasteiger partial charge in [-0.05, 0) is 0 Å². The molecule has 154 valence electrons. The second-order valence-corrected chi connectivity index (χ2v) is 4.92. The fourth-order valence-corrected chi connectivity index (χ4v) is 1.42. The van der Waals surface area contributed by atoms with E-state index < -0.39 is 60.2 Å². The molecule has 0 spiro atoms. The minimum absolute atomic E-state index is 0. The van der Waals surface area contributed by atoms with Gasteiger partial charge in [-0.1, -0.05) is 0 Å². The molecule has 0 fully saturated rings. The summed E-state index contributed by atoms with van der Waals surface area (Å²) in [5, 5.41) is 0. The number of alkyl halides is 13. The van der Waals surface area contributed by atoms with E-state index in [0.717, 1.165) is 0 Å². The molecule has 0 aliphatic rings. The summed E-state index contributed by atoms with van der Waals surface area (Å²) in [5.41, 5.74) is 0. The van der Waals surface area contributed by atoms with Crippen LogP contribution in [0.25, 0.3) is 0 Å². The van der Waals surface area contributed by atoms with Gasteiger partial charge in [-0.2, -0.15) is 57.1 Å². The minimum Gasteiger partial charge on any atom is -1.00 e. The van der Waals surface area contributed by atoms with Gasteiger partial charge in [-0.25, -0.2) is 4.21 Å². The van der Waals surface area contributed by atoms with E-state index >= 15 is 0 Å². The minimum atomic E-state index is -7.98. The third-order valence-electron chi connectivity index (χ3n) is 2.59. The van der Waals surface area contributed by atoms with Crippen molar-refractivity contribution in [2.75, 3.05) is 6.61 Å². The molecular weight excluding hydrogens is 446 g/mol. The summed E-state index contributed by atoms with van der Waals surface area (Å²) in [5.74, 6) is -37.4. The van der Waals surface area contributed by atoms with E-state index in [9.17, 15) is 65.8 Å². The molecule has 0 saturated heterocycles. The Morgan fingerprint density at radius 3 is 1.38 bits per heavy atom.